The van der Waals surface area contributed by atoms with Crippen molar-refractivity contribution in [2.24, 2.45) is 7.05 Å². The summed E-state index contributed by atoms with van der Waals surface area (Å²) in [5.41, 5.74) is 3.62. The fourth-order valence-electron chi connectivity index (χ4n) is 1.61. The summed E-state index contributed by atoms with van der Waals surface area (Å²) in [5.74, 6) is 0. The van der Waals surface area contributed by atoms with E-state index in [9.17, 15) is 0 Å². The molecule has 64 valence electrons. The van der Waals surface area contributed by atoms with Crippen LogP contribution >= 0.6 is 0 Å². The van der Waals surface area contributed by atoms with Crippen molar-refractivity contribution in [1.29, 1.82) is 5.26 Å². The second-order valence-electron chi connectivity index (χ2n) is 3.09. The fraction of sp³-hybridized carbons (Fsp3) is 0.200. The smallest absolute Gasteiger partial charge is 0.101 e. The van der Waals surface area contributed by atoms with E-state index in [1.54, 1.807) is 12.3 Å². The molecule has 0 atom stereocenters. The standard InChI is InChI=1S/C10H9N3/c1-7-6-13(2)10-8(5-11)3-4-12-9(7)10/h3-4,6H,1-2H3. The Labute approximate surface area is 76.2 Å². The fourth-order valence-corrected chi connectivity index (χ4v) is 1.61. The number of aryl methyl sites for hydroxylation is 2. The first-order valence-electron chi connectivity index (χ1n) is 4.05. The molecule has 2 aromatic rings. The summed E-state index contributed by atoms with van der Waals surface area (Å²) >= 11 is 0. The van der Waals surface area contributed by atoms with E-state index in [4.69, 9.17) is 5.26 Å². The van der Waals surface area contributed by atoms with E-state index in [1.807, 2.05) is 24.7 Å². The normalized spacial score (nSPS) is 10.2. The van der Waals surface area contributed by atoms with Crippen LogP contribution in [0, 0.1) is 18.3 Å². The molecule has 2 aromatic heterocycles. The summed E-state index contributed by atoms with van der Waals surface area (Å²) in [6.45, 7) is 2.00. The van der Waals surface area contributed by atoms with Crippen molar-refractivity contribution in [3.05, 3.63) is 29.6 Å². The first-order chi connectivity index (χ1) is 6.24. The van der Waals surface area contributed by atoms with E-state index in [-0.39, 0.29) is 0 Å². The Balaban J connectivity index is 2.99. The first kappa shape index (κ1) is 7.81. The molecule has 0 fully saturated rings. The SMILES string of the molecule is Cc1cn(C)c2c(C#N)ccnc12. The lowest BCUT2D eigenvalue weighted by molar-refractivity contribution is 0.961. The first-order valence-corrected chi connectivity index (χ1v) is 4.05. The quantitative estimate of drug-likeness (QED) is 0.606. The van der Waals surface area contributed by atoms with Crippen LogP contribution in [0.3, 0.4) is 0 Å². The van der Waals surface area contributed by atoms with Gasteiger partial charge in [-0.05, 0) is 18.6 Å². The zero-order chi connectivity index (χ0) is 9.42. The zero-order valence-corrected chi connectivity index (χ0v) is 7.57. The molecular formula is C10H9N3. The maximum Gasteiger partial charge on any atom is 0.101 e. The third kappa shape index (κ3) is 0.994. The van der Waals surface area contributed by atoms with E-state index in [2.05, 4.69) is 11.1 Å². The van der Waals surface area contributed by atoms with Crippen LogP contribution in [0.25, 0.3) is 11.0 Å². The summed E-state index contributed by atoms with van der Waals surface area (Å²) in [6.07, 6.45) is 3.66. The Morgan fingerprint density at radius 3 is 3.00 bits per heavy atom. The third-order valence-electron chi connectivity index (χ3n) is 2.16. The average Bonchev–Trinajstić information content (AvgIpc) is 2.43. The van der Waals surface area contributed by atoms with Crippen molar-refractivity contribution in [3.63, 3.8) is 0 Å². The molecule has 0 saturated carbocycles. The van der Waals surface area contributed by atoms with E-state index < -0.39 is 0 Å². The van der Waals surface area contributed by atoms with Gasteiger partial charge < -0.3 is 4.57 Å². The van der Waals surface area contributed by atoms with Crippen LogP contribution in [0.2, 0.25) is 0 Å². The summed E-state index contributed by atoms with van der Waals surface area (Å²) in [6, 6.07) is 3.90. The summed E-state index contributed by atoms with van der Waals surface area (Å²) in [4.78, 5) is 4.24. The summed E-state index contributed by atoms with van der Waals surface area (Å²) < 4.78 is 1.94. The molecule has 3 heteroatoms. The van der Waals surface area contributed by atoms with Gasteiger partial charge in [-0.3, -0.25) is 4.98 Å². The van der Waals surface area contributed by atoms with Crippen molar-refractivity contribution in [2.45, 2.75) is 6.92 Å². The second kappa shape index (κ2) is 2.60. The molecule has 0 aliphatic rings. The highest BCUT2D eigenvalue weighted by molar-refractivity contribution is 5.84. The van der Waals surface area contributed by atoms with E-state index in [0.717, 1.165) is 16.6 Å². The number of aromatic nitrogens is 2. The molecule has 3 nitrogen and oxygen atoms in total. The van der Waals surface area contributed by atoms with Crippen LogP contribution in [0.15, 0.2) is 18.5 Å². The van der Waals surface area contributed by atoms with Gasteiger partial charge in [0, 0.05) is 19.4 Å². The molecule has 0 aliphatic carbocycles. The number of nitriles is 1. The Kier molecular flexibility index (Phi) is 1.56. The maximum absolute atomic E-state index is 8.88. The predicted octanol–water partition coefficient (Wildman–Crippen LogP) is 1.75. The Morgan fingerprint density at radius 1 is 1.54 bits per heavy atom. The topological polar surface area (TPSA) is 41.6 Å². The lowest BCUT2D eigenvalue weighted by atomic mass is 10.2. The van der Waals surface area contributed by atoms with Crippen molar-refractivity contribution < 1.29 is 0 Å². The molecule has 0 spiro atoms. The van der Waals surface area contributed by atoms with Gasteiger partial charge in [0.05, 0.1) is 16.6 Å². The molecular weight excluding hydrogens is 162 g/mol. The van der Waals surface area contributed by atoms with Crippen molar-refractivity contribution in [3.8, 4) is 6.07 Å². The van der Waals surface area contributed by atoms with Crippen LogP contribution in [-0.4, -0.2) is 9.55 Å². The van der Waals surface area contributed by atoms with Gasteiger partial charge in [0.1, 0.15) is 6.07 Å². The molecule has 13 heavy (non-hydrogen) atoms. The third-order valence-corrected chi connectivity index (χ3v) is 2.16. The van der Waals surface area contributed by atoms with Gasteiger partial charge in [0.15, 0.2) is 0 Å². The lowest BCUT2D eigenvalue weighted by Gasteiger charge is -1.96. The Hall–Kier alpha value is -1.82. The molecule has 0 aliphatic heterocycles. The summed E-state index contributed by atoms with van der Waals surface area (Å²) in [5, 5.41) is 8.88. The molecule has 2 heterocycles. The Morgan fingerprint density at radius 2 is 2.31 bits per heavy atom. The lowest BCUT2D eigenvalue weighted by Crippen LogP contribution is -1.88. The number of rotatable bonds is 0. The average molecular weight is 171 g/mol. The molecule has 0 unspecified atom stereocenters. The number of fused-ring (bicyclic) bond motifs is 1. The highest BCUT2D eigenvalue weighted by atomic mass is 14.9. The van der Waals surface area contributed by atoms with Gasteiger partial charge in [-0.25, -0.2) is 0 Å². The van der Waals surface area contributed by atoms with Crippen molar-refractivity contribution in [2.75, 3.05) is 0 Å². The largest absolute Gasteiger partial charge is 0.348 e. The van der Waals surface area contributed by atoms with Crippen molar-refractivity contribution >= 4 is 11.0 Å². The van der Waals surface area contributed by atoms with E-state index in [1.165, 1.54) is 0 Å². The Bertz CT molecular complexity index is 503. The molecule has 0 bridgehead atoms. The van der Waals surface area contributed by atoms with Gasteiger partial charge in [-0.2, -0.15) is 5.26 Å². The number of hydrogen-bond acceptors (Lipinski definition) is 2. The number of pyridine rings is 1. The molecule has 0 saturated heterocycles. The molecule has 0 aromatic carbocycles. The molecule has 2 rings (SSSR count). The van der Waals surface area contributed by atoms with Gasteiger partial charge in [-0.1, -0.05) is 0 Å². The van der Waals surface area contributed by atoms with Gasteiger partial charge in [-0.15, -0.1) is 0 Å². The van der Waals surface area contributed by atoms with Crippen LogP contribution in [0.5, 0.6) is 0 Å². The highest BCUT2D eigenvalue weighted by Gasteiger charge is 2.07. The minimum atomic E-state index is 0.681. The molecule has 0 N–H and O–H groups in total. The van der Waals surface area contributed by atoms with Crippen molar-refractivity contribution in [1.82, 2.24) is 9.55 Å². The van der Waals surface area contributed by atoms with E-state index in [0.29, 0.717) is 5.56 Å². The predicted molar refractivity (Wildman–Crippen MR) is 50.2 cm³/mol. The zero-order valence-electron chi connectivity index (χ0n) is 7.57. The molecule has 0 radical (unpaired) electrons. The second-order valence-corrected chi connectivity index (χ2v) is 3.09. The monoisotopic (exact) mass is 171 g/mol. The molecule has 0 amide bonds. The van der Waals surface area contributed by atoms with Crippen LogP contribution in [-0.2, 0) is 7.05 Å². The van der Waals surface area contributed by atoms with Crippen LogP contribution < -0.4 is 0 Å². The number of nitrogens with zero attached hydrogens (tertiary/aromatic N) is 3. The van der Waals surface area contributed by atoms with Gasteiger partial charge >= 0.3 is 0 Å². The van der Waals surface area contributed by atoms with Gasteiger partial charge in [0.2, 0.25) is 0 Å². The number of hydrogen-bond donors (Lipinski definition) is 0. The van der Waals surface area contributed by atoms with E-state index >= 15 is 0 Å². The van der Waals surface area contributed by atoms with Crippen LogP contribution in [0.1, 0.15) is 11.1 Å². The van der Waals surface area contributed by atoms with Crippen LogP contribution in [0.4, 0.5) is 0 Å². The summed E-state index contributed by atoms with van der Waals surface area (Å²) in [7, 11) is 1.93. The highest BCUT2D eigenvalue weighted by Crippen LogP contribution is 2.20. The minimum Gasteiger partial charge on any atom is -0.348 e. The maximum atomic E-state index is 8.88. The van der Waals surface area contributed by atoms with Gasteiger partial charge in [0.25, 0.3) is 0 Å². The minimum absolute atomic E-state index is 0.681.